The van der Waals surface area contributed by atoms with Crippen LogP contribution in [0.15, 0.2) is 24.5 Å². The maximum Gasteiger partial charge on any atom is 0.306 e. The van der Waals surface area contributed by atoms with Crippen molar-refractivity contribution in [1.82, 2.24) is 19.9 Å². The number of carboxylic acid groups (broad SMARTS) is 1. The summed E-state index contributed by atoms with van der Waals surface area (Å²) in [4.78, 5) is 42.9. The Labute approximate surface area is 246 Å². The van der Waals surface area contributed by atoms with Gasteiger partial charge in [0.2, 0.25) is 0 Å². The van der Waals surface area contributed by atoms with Crippen LogP contribution in [-0.2, 0) is 11.3 Å². The molecule has 0 saturated carbocycles. The van der Waals surface area contributed by atoms with E-state index in [9.17, 15) is 19.1 Å². The van der Waals surface area contributed by atoms with E-state index in [2.05, 4.69) is 32.1 Å². The van der Waals surface area contributed by atoms with Gasteiger partial charge in [-0.3, -0.25) is 19.8 Å². The highest BCUT2D eigenvalue weighted by atomic mass is 35.5. The van der Waals surface area contributed by atoms with Crippen LogP contribution in [0, 0.1) is 11.7 Å². The third-order valence-electron chi connectivity index (χ3n) is 7.75. The quantitative estimate of drug-likeness (QED) is 0.335. The van der Waals surface area contributed by atoms with Gasteiger partial charge in [-0.15, -0.1) is 0 Å². The first-order valence-corrected chi connectivity index (χ1v) is 14.8. The standard InChI is InChI=1S/C28H32ClFN6O4S/c1-3-18-5-4-8-36(18)15-22-24(17-11-19(29)25(40-2)20(30)12-17)33-28(41-22)34-26(37)21-13-32-23(14-31-21)35-9-6-16(7-10-35)27(38)39/h11-14,16,18H,3-10,15H2,1-2H3,(H,38,39)(H,33,34,37)/t18-/m1/s1. The molecule has 0 radical (unpaired) electrons. The van der Waals surface area contributed by atoms with E-state index in [0.717, 1.165) is 30.7 Å². The molecule has 1 aromatic carbocycles. The molecule has 2 N–H and O–H groups in total. The number of likely N-dealkylation sites (tertiary alicyclic amines) is 1. The lowest BCUT2D eigenvalue weighted by Gasteiger charge is -2.30. The van der Waals surface area contributed by atoms with E-state index in [1.807, 2.05) is 4.90 Å². The van der Waals surface area contributed by atoms with Crippen molar-refractivity contribution in [2.75, 3.05) is 37.0 Å². The van der Waals surface area contributed by atoms with Crippen LogP contribution in [0.4, 0.5) is 15.3 Å². The number of amides is 1. The molecule has 0 bridgehead atoms. The minimum atomic E-state index is -0.776. The molecule has 4 heterocycles. The summed E-state index contributed by atoms with van der Waals surface area (Å²) >= 11 is 7.64. The van der Waals surface area contributed by atoms with Crippen LogP contribution in [-0.4, -0.2) is 69.6 Å². The van der Waals surface area contributed by atoms with Gasteiger partial charge >= 0.3 is 5.97 Å². The van der Waals surface area contributed by atoms with Crippen LogP contribution in [0.3, 0.4) is 0 Å². The van der Waals surface area contributed by atoms with E-state index in [4.69, 9.17) is 16.3 Å². The number of piperidine rings is 1. The van der Waals surface area contributed by atoms with Crippen molar-refractivity contribution in [3.63, 3.8) is 0 Å². The first-order valence-electron chi connectivity index (χ1n) is 13.7. The number of halogens is 2. The van der Waals surface area contributed by atoms with E-state index in [1.165, 1.54) is 36.9 Å². The lowest BCUT2D eigenvalue weighted by atomic mass is 9.97. The normalized spacial score (nSPS) is 18.0. The number of ether oxygens (including phenoxy) is 1. The second kappa shape index (κ2) is 12.7. The van der Waals surface area contributed by atoms with Gasteiger partial charge in [-0.1, -0.05) is 29.9 Å². The summed E-state index contributed by atoms with van der Waals surface area (Å²) in [7, 11) is 1.36. The maximum absolute atomic E-state index is 14.8. The molecule has 41 heavy (non-hydrogen) atoms. The number of nitrogens with one attached hydrogen (secondary N) is 1. The van der Waals surface area contributed by atoms with Gasteiger partial charge in [0.05, 0.1) is 36.1 Å². The summed E-state index contributed by atoms with van der Waals surface area (Å²) in [6, 6.07) is 3.43. The van der Waals surface area contributed by atoms with E-state index >= 15 is 0 Å². The number of thiazole rings is 1. The molecule has 1 atom stereocenters. The SMILES string of the molecule is CC[C@@H]1CCCN1Cc1sc(NC(=O)c2cnc(N3CCC(C(=O)O)CC3)cn2)nc1-c1cc(F)c(OC)c(Cl)c1. The van der Waals surface area contributed by atoms with Gasteiger partial charge in [-0.25, -0.2) is 19.3 Å². The minimum Gasteiger partial charge on any atom is -0.492 e. The number of carbonyl (C=O) groups excluding carboxylic acids is 1. The summed E-state index contributed by atoms with van der Waals surface area (Å²) in [5.41, 5.74) is 1.18. The summed E-state index contributed by atoms with van der Waals surface area (Å²) in [6.07, 6.45) is 7.27. The number of nitrogens with zero attached hydrogens (tertiary/aromatic N) is 5. The number of hydrogen-bond donors (Lipinski definition) is 2. The van der Waals surface area contributed by atoms with Gasteiger partial charge in [0, 0.05) is 36.1 Å². The van der Waals surface area contributed by atoms with Gasteiger partial charge in [0.25, 0.3) is 5.91 Å². The minimum absolute atomic E-state index is 0.0282. The third-order valence-corrected chi connectivity index (χ3v) is 8.99. The predicted octanol–water partition coefficient (Wildman–Crippen LogP) is 5.33. The van der Waals surface area contributed by atoms with E-state index in [1.54, 1.807) is 6.07 Å². The van der Waals surface area contributed by atoms with Crippen molar-refractivity contribution in [1.29, 1.82) is 0 Å². The summed E-state index contributed by atoms with van der Waals surface area (Å²) < 4.78 is 19.8. The molecule has 2 fully saturated rings. The lowest BCUT2D eigenvalue weighted by Crippen LogP contribution is -2.36. The fourth-order valence-electron chi connectivity index (χ4n) is 5.50. The fourth-order valence-corrected chi connectivity index (χ4v) is 6.79. The third kappa shape index (κ3) is 6.44. The Kier molecular flexibility index (Phi) is 9.00. The second-order valence-corrected chi connectivity index (χ2v) is 11.7. The largest absolute Gasteiger partial charge is 0.492 e. The Morgan fingerprint density at radius 2 is 1.98 bits per heavy atom. The molecule has 0 aliphatic carbocycles. The number of benzene rings is 1. The van der Waals surface area contributed by atoms with Gasteiger partial charge in [-0.2, -0.15) is 0 Å². The number of methoxy groups -OCH3 is 1. The number of rotatable bonds is 9. The van der Waals surface area contributed by atoms with Gasteiger partial charge in [-0.05, 0) is 50.8 Å². The number of anilines is 2. The average Bonchev–Trinajstić information content (AvgIpc) is 3.59. The highest BCUT2D eigenvalue weighted by Crippen LogP contribution is 2.38. The van der Waals surface area contributed by atoms with Crippen molar-refractivity contribution < 1.29 is 23.8 Å². The van der Waals surface area contributed by atoms with Crippen molar-refractivity contribution in [2.24, 2.45) is 5.92 Å². The number of aromatic nitrogens is 3. The molecule has 218 valence electrons. The molecule has 10 nitrogen and oxygen atoms in total. The highest BCUT2D eigenvalue weighted by molar-refractivity contribution is 7.16. The number of aliphatic carboxylic acids is 1. The lowest BCUT2D eigenvalue weighted by molar-refractivity contribution is -0.142. The Morgan fingerprint density at radius 3 is 2.61 bits per heavy atom. The molecule has 2 aromatic heterocycles. The molecule has 0 spiro atoms. The molecule has 1 amide bonds. The van der Waals surface area contributed by atoms with Crippen LogP contribution < -0.4 is 15.0 Å². The summed E-state index contributed by atoms with van der Waals surface area (Å²) in [5.74, 6) is -1.61. The van der Waals surface area contributed by atoms with Crippen molar-refractivity contribution in [3.05, 3.63) is 45.9 Å². The molecule has 5 rings (SSSR count). The van der Waals surface area contributed by atoms with Crippen molar-refractivity contribution in [2.45, 2.75) is 51.6 Å². The number of carboxylic acids is 1. The van der Waals surface area contributed by atoms with E-state index < -0.39 is 17.7 Å². The van der Waals surface area contributed by atoms with E-state index in [0.29, 0.717) is 60.7 Å². The van der Waals surface area contributed by atoms with Crippen LogP contribution in [0.25, 0.3) is 11.3 Å². The first kappa shape index (κ1) is 29.2. The summed E-state index contributed by atoms with van der Waals surface area (Å²) in [5, 5.41) is 12.5. The molecule has 2 aliphatic rings. The van der Waals surface area contributed by atoms with Crippen molar-refractivity contribution in [3.8, 4) is 17.0 Å². The Balaban J connectivity index is 1.35. The topological polar surface area (TPSA) is 121 Å². The zero-order chi connectivity index (χ0) is 29.1. The number of hydrogen-bond acceptors (Lipinski definition) is 9. The smallest absolute Gasteiger partial charge is 0.306 e. The zero-order valence-electron chi connectivity index (χ0n) is 22.9. The Bertz CT molecular complexity index is 1390. The van der Waals surface area contributed by atoms with Crippen LogP contribution in [0.1, 0.15) is 54.4 Å². The molecule has 3 aromatic rings. The molecule has 2 aliphatic heterocycles. The van der Waals surface area contributed by atoms with E-state index in [-0.39, 0.29) is 22.4 Å². The van der Waals surface area contributed by atoms with Gasteiger partial charge < -0.3 is 14.7 Å². The highest BCUT2D eigenvalue weighted by Gasteiger charge is 2.27. The van der Waals surface area contributed by atoms with Crippen molar-refractivity contribution >= 4 is 45.8 Å². The summed E-state index contributed by atoms with van der Waals surface area (Å²) in [6.45, 7) is 4.89. The first-order chi connectivity index (χ1) is 19.8. The average molecular weight is 603 g/mol. The molecular weight excluding hydrogens is 571 g/mol. The monoisotopic (exact) mass is 602 g/mol. The maximum atomic E-state index is 14.8. The van der Waals surface area contributed by atoms with Gasteiger partial charge in [0.1, 0.15) is 11.5 Å². The van der Waals surface area contributed by atoms with Crippen LogP contribution >= 0.6 is 22.9 Å². The Morgan fingerprint density at radius 1 is 1.20 bits per heavy atom. The number of carbonyl (C=O) groups is 2. The molecule has 0 unspecified atom stereocenters. The molecule has 2 saturated heterocycles. The van der Waals surface area contributed by atoms with Crippen LogP contribution in [0.5, 0.6) is 5.75 Å². The predicted molar refractivity (Wildman–Crippen MR) is 155 cm³/mol. The fraction of sp³-hybridized carbons (Fsp3) is 0.464. The Hall–Kier alpha value is -3.35. The van der Waals surface area contributed by atoms with Crippen LogP contribution in [0.2, 0.25) is 5.02 Å². The molecular formula is C28H32ClFN6O4S. The zero-order valence-corrected chi connectivity index (χ0v) is 24.5. The molecule has 13 heteroatoms. The second-order valence-electron chi connectivity index (χ2n) is 10.3. The van der Waals surface area contributed by atoms with Gasteiger partial charge in [0.15, 0.2) is 16.7 Å².